The van der Waals surface area contributed by atoms with Crippen molar-refractivity contribution in [2.75, 3.05) is 0 Å². The predicted molar refractivity (Wildman–Crippen MR) is 217 cm³/mol. The van der Waals surface area contributed by atoms with Crippen LogP contribution in [0.15, 0.2) is 133 Å². The smallest absolute Gasteiger partial charge is 0.201 e. The Hall–Kier alpha value is -5.06. The zero-order valence-corrected chi connectivity index (χ0v) is 31.3. The van der Waals surface area contributed by atoms with Gasteiger partial charge in [0.05, 0.1) is 4.70 Å². The third kappa shape index (κ3) is 8.21. The van der Waals surface area contributed by atoms with E-state index in [4.69, 9.17) is 0 Å². The van der Waals surface area contributed by atoms with Gasteiger partial charge < -0.3 is 15.3 Å². The Labute approximate surface area is 302 Å². The van der Waals surface area contributed by atoms with Gasteiger partial charge in [-0.05, 0) is 110 Å². The van der Waals surface area contributed by atoms with Gasteiger partial charge in [-0.25, -0.2) is 0 Å². The summed E-state index contributed by atoms with van der Waals surface area (Å²) in [5, 5.41) is 36.4. The fourth-order valence-corrected chi connectivity index (χ4v) is 7.55. The maximum absolute atomic E-state index is 11.7. The molecule has 3 nitrogen and oxygen atoms in total. The summed E-state index contributed by atoms with van der Waals surface area (Å²) in [6.07, 6.45) is 21.0. The maximum atomic E-state index is 11.7. The molecule has 0 aliphatic rings. The van der Waals surface area contributed by atoms with Gasteiger partial charge in [0.25, 0.3) is 0 Å². The summed E-state index contributed by atoms with van der Waals surface area (Å²) in [5.74, 6) is -1.08. The molecule has 4 heteroatoms. The first-order valence-corrected chi connectivity index (χ1v) is 18.1. The van der Waals surface area contributed by atoms with Crippen LogP contribution in [0.4, 0.5) is 0 Å². The number of hydrogen-bond donors (Lipinski definition) is 3. The van der Waals surface area contributed by atoms with Crippen LogP contribution < -0.4 is 10.4 Å². The topological polar surface area (TPSA) is 60.7 Å². The Balaban J connectivity index is 1.98. The van der Waals surface area contributed by atoms with E-state index in [0.717, 1.165) is 71.8 Å². The van der Waals surface area contributed by atoms with Gasteiger partial charge in [-0.1, -0.05) is 128 Å². The van der Waals surface area contributed by atoms with Crippen molar-refractivity contribution in [1.29, 1.82) is 0 Å². The van der Waals surface area contributed by atoms with E-state index in [2.05, 4.69) is 75.1 Å². The number of allylic oxidation sites excluding steroid dienone is 13. The fraction of sp³-hybridized carbons (Fsp3) is 0.217. The molecule has 0 radical (unpaired) electrons. The van der Waals surface area contributed by atoms with Crippen molar-refractivity contribution in [3.63, 3.8) is 0 Å². The zero-order valence-electron chi connectivity index (χ0n) is 30.5. The van der Waals surface area contributed by atoms with Crippen molar-refractivity contribution in [2.24, 2.45) is 0 Å². The van der Waals surface area contributed by atoms with Gasteiger partial charge in [0.1, 0.15) is 0 Å². The van der Waals surface area contributed by atoms with Crippen molar-refractivity contribution >= 4 is 38.1 Å². The van der Waals surface area contributed by atoms with E-state index < -0.39 is 5.75 Å². The minimum Gasteiger partial charge on any atom is -0.504 e. The van der Waals surface area contributed by atoms with Crippen LogP contribution >= 0.6 is 11.3 Å². The second kappa shape index (κ2) is 17.6. The van der Waals surface area contributed by atoms with Gasteiger partial charge in [-0.15, -0.1) is 11.3 Å². The summed E-state index contributed by atoms with van der Waals surface area (Å²) >= 11 is 1.54. The van der Waals surface area contributed by atoms with Crippen molar-refractivity contribution in [3.05, 3.63) is 165 Å². The highest BCUT2D eigenvalue weighted by Crippen LogP contribution is 2.52. The maximum Gasteiger partial charge on any atom is 0.201 e. The lowest BCUT2D eigenvalue weighted by Gasteiger charge is -2.18. The Morgan fingerprint density at radius 3 is 2.12 bits per heavy atom. The fourth-order valence-electron chi connectivity index (χ4n) is 6.25. The Morgan fingerprint density at radius 2 is 1.48 bits per heavy atom. The average Bonchev–Trinajstić information content (AvgIpc) is 3.47. The van der Waals surface area contributed by atoms with Crippen LogP contribution in [0.1, 0.15) is 76.0 Å². The molecule has 3 aromatic carbocycles. The lowest BCUT2D eigenvalue weighted by atomic mass is 9.88. The van der Waals surface area contributed by atoms with Gasteiger partial charge >= 0.3 is 0 Å². The second-order valence-electron chi connectivity index (χ2n) is 12.3. The largest absolute Gasteiger partial charge is 0.504 e. The molecule has 0 aliphatic heterocycles. The van der Waals surface area contributed by atoms with Crippen molar-refractivity contribution in [2.45, 2.75) is 67.7 Å². The van der Waals surface area contributed by atoms with E-state index in [1.54, 1.807) is 11.3 Å². The molecule has 258 valence electrons. The molecule has 0 unspecified atom stereocenters. The third-order valence-electron chi connectivity index (χ3n) is 9.16. The van der Waals surface area contributed by atoms with E-state index in [-0.39, 0.29) is 11.5 Å². The average molecular weight is 683 g/mol. The van der Waals surface area contributed by atoms with E-state index in [9.17, 15) is 15.3 Å². The molecule has 0 fully saturated rings. The molecule has 1 heterocycles. The van der Waals surface area contributed by atoms with Crippen LogP contribution in [0, 0.1) is 6.92 Å². The highest BCUT2D eigenvalue weighted by Gasteiger charge is 2.27. The van der Waals surface area contributed by atoms with E-state index in [1.807, 2.05) is 89.3 Å². The number of fused-ring (bicyclic) bond motifs is 1. The standard InChI is InChI=1S/C46H50O3S/c1-9-13-15-23-34(11-3)40(42-44(48)45(49)43(47)41-37(12-4)33(8)50-46(41)42)39-28-21-20-27-38(39)32(7)31(6)22-18-19-26-36(29-30(5)10-2)35-24-16-14-17-25-35/h9-11,13-14,16-22,24-29,47-49H,6,12,15,23H2,1-5,7-8H3/b13-9-,22-18+,26-19-,30-10+,34-11+,36-29+,38-32+,40-39+. The molecule has 1 aromatic heterocycles. The van der Waals surface area contributed by atoms with Crippen LogP contribution in [-0.2, 0) is 6.42 Å². The number of phenolic OH excluding ortho intramolecular Hbond substituents is 3. The summed E-state index contributed by atoms with van der Waals surface area (Å²) in [4.78, 5) is 1.05. The molecule has 0 bridgehead atoms. The first-order valence-electron chi connectivity index (χ1n) is 17.3. The summed E-state index contributed by atoms with van der Waals surface area (Å²) in [6, 6.07) is 18.5. The molecule has 0 spiro atoms. The van der Waals surface area contributed by atoms with E-state index in [0.29, 0.717) is 17.4 Å². The summed E-state index contributed by atoms with van der Waals surface area (Å²) in [7, 11) is 0. The minimum absolute atomic E-state index is 0.272. The van der Waals surface area contributed by atoms with E-state index in [1.165, 1.54) is 5.57 Å². The highest BCUT2D eigenvalue weighted by atomic mass is 32.1. The van der Waals surface area contributed by atoms with Crippen molar-refractivity contribution in [1.82, 2.24) is 0 Å². The van der Waals surface area contributed by atoms with Crippen LogP contribution in [0.3, 0.4) is 0 Å². The number of hydrogen-bond acceptors (Lipinski definition) is 4. The highest BCUT2D eigenvalue weighted by molar-refractivity contribution is 7.19. The molecule has 4 aromatic rings. The summed E-state index contributed by atoms with van der Waals surface area (Å²) < 4.78 is 0.763. The SMILES string of the molecule is C=C(/C=C/C=C\C(=C/C(C)=C/C)c1ccccc1)\C(C)=c1/cccc/c1=C(/C(=C/C)CC/C=C\C)c1c(O)c(O)c(O)c2c(CC)c(C)sc12. The molecular formula is C46H50O3S. The Morgan fingerprint density at radius 1 is 0.820 bits per heavy atom. The minimum atomic E-state index is -0.493. The van der Waals surface area contributed by atoms with Crippen molar-refractivity contribution in [3.8, 4) is 17.2 Å². The summed E-state index contributed by atoms with van der Waals surface area (Å²) in [6.45, 7) is 18.8. The second-order valence-corrected chi connectivity index (χ2v) is 13.5. The van der Waals surface area contributed by atoms with Crippen molar-refractivity contribution < 1.29 is 15.3 Å². The molecule has 0 saturated heterocycles. The zero-order chi connectivity index (χ0) is 36.4. The van der Waals surface area contributed by atoms with Gasteiger partial charge in [-0.2, -0.15) is 0 Å². The molecular weight excluding hydrogens is 633 g/mol. The first-order chi connectivity index (χ1) is 24.1. The quantitative estimate of drug-likeness (QED) is 0.0792. The molecule has 3 N–H and O–H groups in total. The molecule has 0 atom stereocenters. The predicted octanol–water partition coefficient (Wildman–Crippen LogP) is 11.3. The number of aryl methyl sites for hydroxylation is 2. The molecule has 0 saturated carbocycles. The number of phenols is 3. The first kappa shape index (κ1) is 37.8. The van der Waals surface area contributed by atoms with Gasteiger partial charge in [0.15, 0.2) is 11.5 Å². The van der Waals surface area contributed by atoms with Gasteiger partial charge in [0.2, 0.25) is 5.75 Å². The van der Waals surface area contributed by atoms with Crippen LogP contribution in [0.5, 0.6) is 17.2 Å². The lowest BCUT2D eigenvalue weighted by molar-refractivity contribution is 0.370. The Bertz CT molecular complexity index is 2180. The van der Waals surface area contributed by atoms with Crippen LogP contribution in [0.25, 0.3) is 26.8 Å². The number of benzene rings is 3. The van der Waals surface area contributed by atoms with Gasteiger partial charge in [-0.3, -0.25) is 0 Å². The Kier molecular flexibility index (Phi) is 13.3. The van der Waals surface area contributed by atoms with Gasteiger partial charge in [0, 0.05) is 15.8 Å². The van der Waals surface area contributed by atoms with E-state index >= 15 is 0 Å². The molecule has 50 heavy (non-hydrogen) atoms. The lowest BCUT2D eigenvalue weighted by Crippen LogP contribution is -2.30. The normalized spacial score (nSPS) is 14.4. The molecule has 4 rings (SSSR count). The number of rotatable bonds is 12. The molecule has 0 amide bonds. The summed E-state index contributed by atoms with van der Waals surface area (Å²) in [5.41, 5.74) is 8.70. The number of thiophene rings is 1. The number of aromatic hydroxyl groups is 3. The third-order valence-corrected chi connectivity index (χ3v) is 10.3. The molecule has 0 aliphatic carbocycles. The monoisotopic (exact) mass is 682 g/mol. The van der Waals surface area contributed by atoms with Crippen LogP contribution in [-0.4, -0.2) is 15.3 Å². The van der Waals surface area contributed by atoms with Crippen LogP contribution in [0.2, 0.25) is 0 Å².